The normalized spacial score (nSPS) is 13.1. The minimum absolute atomic E-state index is 0.584. The van der Waals surface area contributed by atoms with Crippen molar-refractivity contribution < 1.29 is 0 Å². The summed E-state index contributed by atoms with van der Waals surface area (Å²) in [5.74, 6) is 0.584. The highest BCUT2D eigenvalue weighted by atomic mass is 14.8. The quantitative estimate of drug-likeness (QED) is 0.592. The second-order valence-electron chi connectivity index (χ2n) is 2.55. The van der Waals surface area contributed by atoms with Crippen molar-refractivity contribution in [2.75, 3.05) is 7.05 Å². The van der Waals surface area contributed by atoms with Gasteiger partial charge in [0.05, 0.1) is 0 Å². The first-order chi connectivity index (χ1) is 4.72. The van der Waals surface area contributed by atoms with Crippen molar-refractivity contribution in [3.05, 3.63) is 23.9 Å². The predicted molar refractivity (Wildman–Crippen MR) is 46.8 cm³/mol. The van der Waals surface area contributed by atoms with Crippen LogP contribution >= 0.6 is 0 Å². The SMILES string of the molecule is C/C=C\C=C(/NC)C(C)C. The molecule has 0 fully saturated rings. The lowest BCUT2D eigenvalue weighted by Gasteiger charge is -2.08. The van der Waals surface area contributed by atoms with Gasteiger partial charge in [-0.15, -0.1) is 0 Å². The smallest absolute Gasteiger partial charge is 0.0130 e. The van der Waals surface area contributed by atoms with E-state index in [0.717, 1.165) is 0 Å². The zero-order valence-electron chi connectivity index (χ0n) is 7.31. The molecule has 0 heterocycles. The summed E-state index contributed by atoms with van der Waals surface area (Å²) in [7, 11) is 1.95. The summed E-state index contributed by atoms with van der Waals surface area (Å²) in [4.78, 5) is 0. The van der Waals surface area contributed by atoms with Crippen LogP contribution in [0.2, 0.25) is 0 Å². The van der Waals surface area contributed by atoms with Gasteiger partial charge in [-0.3, -0.25) is 0 Å². The topological polar surface area (TPSA) is 12.0 Å². The van der Waals surface area contributed by atoms with Gasteiger partial charge >= 0.3 is 0 Å². The molecule has 0 unspecified atom stereocenters. The Morgan fingerprint density at radius 2 is 2.00 bits per heavy atom. The van der Waals surface area contributed by atoms with E-state index in [9.17, 15) is 0 Å². The van der Waals surface area contributed by atoms with Crippen LogP contribution in [0.15, 0.2) is 23.9 Å². The van der Waals surface area contributed by atoms with Crippen LogP contribution in [0.1, 0.15) is 20.8 Å². The molecule has 0 saturated carbocycles. The second kappa shape index (κ2) is 5.10. The van der Waals surface area contributed by atoms with Crippen molar-refractivity contribution in [1.29, 1.82) is 0 Å². The summed E-state index contributed by atoms with van der Waals surface area (Å²) >= 11 is 0. The van der Waals surface area contributed by atoms with Crippen LogP contribution in [-0.4, -0.2) is 7.05 Å². The summed E-state index contributed by atoms with van der Waals surface area (Å²) in [6.45, 7) is 6.36. The average molecular weight is 139 g/mol. The first kappa shape index (κ1) is 9.28. The maximum absolute atomic E-state index is 3.15. The summed E-state index contributed by atoms with van der Waals surface area (Å²) in [5, 5.41) is 3.15. The van der Waals surface area contributed by atoms with Gasteiger partial charge in [-0.05, 0) is 18.9 Å². The molecule has 10 heavy (non-hydrogen) atoms. The number of hydrogen-bond donors (Lipinski definition) is 1. The zero-order chi connectivity index (χ0) is 7.98. The van der Waals surface area contributed by atoms with E-state index >= 15 is 0 Å². The Labute approximate surface area is 63.8 Å². The molecule has 0 saturated heterocycles. The summed E-state index contributed by atoms with van der Waals surface area (Å²) in [5.41, 5.74) is 1.28. The van der Waals surface area contributed by atoms with E-state index in [4.69, 9.17) is 0 Å². The molecular weight excluding hydrogens is 122 g/mol. The summed E-state index contributed by atoms with van der Waals surface area (Å²) in [6.07, 6.45) is 6.18. The van der Waals surface area contributed by atoms with Crippen molar-refractivity contribution in [3.63, 3.8) is 0 Å². The zero-order valence-corrected chi connectivity index (χ0v) is 7.31. The Morgan fingerprint density at radius 3 is 2.30 bits per heavy atom. The molecule has 0 aliphatic heterocycles. The first-order valence-corrected chi connectivity index (χ1v) is 3.73. The van der Waals surface area contributed by atoms with Crippen LogP contribution < -0.4 is 5.32 Å². The van der Waals surface area contributed by atoms with Gasteiger partial charge in [0.25, 0.3) is 0 Å². The number of rotatable bonds is 3. The predicted octanol–water partition coefficient (Wildman–Crippen LogP) is 2.32. The molecule has 0 amide bonds. The lowest BCUT2D eigenvalue weighted by molar-refractivity contribution is 0.699. The van der Waals surface area contributed by atoms with Gasteiger partial charge in [-0.25, -0.2) is 0 Å². The van der Waals surface area contributed by atoms with Gasteiger partial charge in [-0.2, -0.15) is 0 Å². The van der Waals surface area contributed by atoms with E-state index in [0.29, 0.717) is 5.92 Å². The van der Waals surface area contributed by atoms with Crippen LogP contribution in [0.25, 0.3) is 0 Å². The molecule has 0 atom stereocenters. The van der Waals surface area contributed by atoms with E-state index in [-0.39, 0.29) is 0 Å². The second-order valence-corrected chi connectivity index (χ2v) is 2.55. The highest BCUT2D eigenvalue weighted by Crippen LogP contribution is 2.04. The number of hydrogen-bond acceptors (Lipinski definition) is 1. The molecule has 1 N–H and O–H groups in total. The molecule has 1 heteroatoms. The van der Waals surface area contributed by atoms with Crippen LogP contribution in [0.5, 0.6) is 0 Å². The first-order valence-electron chi connectivity index (χ1n) is 3.73. The Morgan fingerprint density at radius 1 is 1.40 bits per heavy atom. The molecule has 1 nitrogen and oxygen atoms in total. The van der Waals surface area contributed by atoms with E-state index in [1.807, 2.05) is 26.1 Å². The third kappa shape index (κ3) is 3.33. The highest BCUT2D eigenvalue weighted by Gasteiger charge is 1.96. The van der Waals surface area contributed by atoms with Gasteiger partial charge in [0.2, 0.25) is 0 Å². The largest absolute Gasteiger partial charge is 0.391 e. The molecular formula is C9H17N. The van der Waals surface area contributed by atoms with E-state index in [1.54, 1.807) is 0 Å². The number of nitrogens with one attached hydrogen (secondary N) is 1. The standard InChI is InChI=1S/C9H17N/c1-5-6-7-9(10-4)8(2)3/h5-8,10H,1-4H3/b6-5-,9-7-. The molecule has 0 aliphatic carbocycles. The maximum atomic E-state index is 3.15. The van der Waals surface area contributed by atoms with Gasteiger partial charge in [0.15, 0.2) is 0 Å². The molecule has 0 aromatic carbocycles. The molecule has 0 radical (unpaired) electrons. The molecule has 0 rings (SSSR count). The molecule has 0 aliphatic rings. The van der Waals surface area contributed by atoms with Crippen LogP contribution in [0.3, 0.4) is 0 Å². The van der Waals surface area contributed by atoms with Crippen LogP contribution in [0.4, 0.5) is 0 Å². The van der Waals surface area contributed by atoms with E-state index in [1.165, 1.54) is 5.70 Å². The highest BCUT2D eigenvalue weighted by molar-refractivity contribution is 5.11. The third-order valence-corrected chi connectivity index (χ3v) is 1.38. The van der Waals surface area contributed by atoms with Crippen LogP contribution in [-0.2, 0) is 0 Å². The molecule has 0 aromatic heterocycles. The Hall–Kier alpha value is -0.720. The lowest BCUT2D eigenvalue weighted by atomic mass is 10.1. The van der Waals surface area contributed by atoms with Crippen molar-refractivity contribution in [3.8, 4) is 0 Å². The van der Waals surface area contributed by atoms with E-state index < -0.39 is 0 Å². The summed E-state index contributed by atoms with van der Waals surface area (Å²) < 4.78 is 0. The van der Waals surface area contributed by atoms with Crippen molar-refractivity contribution in [1.82, 2.24) is 5.32 Å². The number of allylic oxidation sites excluding steroid dienone is 4. The Balaban J connectivity index is 4.04. The minimum Gasteiger partial charge on any atom is -0.391 e. The van der Waals surface area contributed by atoms with Crippen molar-refractivity contribution >= 4 is 0 Å². The van der Waals surface area contributed by atoms with Crippen molar-refractivity contribution in [2.45, 2.75) is 20.8 Å². The Bertz CT molecular complexity index is 132. The molecule has 0 aromatic rings. The molecule has 58 valence electrons. The summed E-state index contributed by atoms with van der Waals surface area (Å²) in [6, 6.07) is 0. The monoisotopic (exact) mass is 139 g/mol. The van der Waals surface area contributed by atoms with Gasteiger partial charge in [0, 0.05) is 12.7 Å². The van der Waals surface area contributed by atoms with E-state index in [2.05, 4.69) is 25.2 Å². The fourth-order valence-electron chi connectivity index (χ4n) is 0.764. The maximum Gasteiger partial charge on any atom is 0.0130 e. The van der Waals surface area contributed by atoms with Gasteiger partial charge < -0.3 is 5.32 Å². The minimum atomic E-state index is 0.584. The van der Waals surface area contributed by atoms with Crippen LogP contribution in [0, 0.1) is 5.92 Å². The Kier molecular flexibility index (Phi) is 4.73. The molecule has 0 bridgehead atoms. The van der Waals surface area contributed by atoms with Crippen molar-refractivity contribution in [2.24, 2.45) is 5.92 Å². The molecule has 0 spiro atoms. The average Bonchev–Trinajstić information content (AvgIpc) is 1.89. The fourth-order valence-corrected chi connectivity index (χ4v) is 0.764. The third-order valence-electron chi connectivity index (χ3n) is 1.38. The van der Waals surface area contributed by atoms with Gasteiger partial charge in [0.1, 0.15) is 0 Å². The fraction of sp³-hybridized carbons (Fsp3) is 0.556. The lowest BCUT2D eigenvalue weighted by Crippen LogP contribution is -2.10. The van der Waals surface area contributed by atoms with Gasteiger partial charge in [-0.1, -0.05) is 26.0 Å².